The van der Waals surface area contributed by atoms with E-state index in [4.69, 9.17) is 20.7 Å². The Morgan fingerprint density at radius 1 is 0.844 bits per heavy atom. The van der Waals surface area contributed by atoms with E-state index >= 15 is 0 Å². The van der Waals surface area contributed by atoms with E-state index in [-0.39, 0.29) is 12.1 Å². The van der Waals surface area contributed by atoms with Gasteiger partial charge in [-0.25, -0.2) is 13.4 Å². The quantitative estimate of drug-likeness (QED) is 0.243. The third-order valence-corrected chi connectivity index (χ3v) is 12.0. The van der Waals surface area contributed by atoms with Gasteiger partial charge in [0.15, 0.2) is 17.0 Å². The van der Waals surface area contributed by atoms with Gasteiger partial charge in [0.2, 0.25) is 16.0 Å². The Kier molecular flexibility index (Phi) is 8.30. The van der Waals surface area contributed by atoms with Gasteiger partial charge in [0.05, 0.1) is 11.2 Å². The van der Waals surface area contributed by atoms with Crippen LogP contribution in [0.1, 0.15) is 70.3 Å². The highest BCUT2D eigenvalue weighted by molar-refractivity contribution is 7.89. The highest BCUT2D eigenvalue weighted by Crippen LogP contribution is 2.35. The molecule has 0 unspecified atom stereocenters. The fourth-order valence-electron chi connectivity index (χ4n) is 7.43. The van der Waals surface area contributed by atoms with Gasteiger partial charge in [-0.2, -0.15) is 14.3 Å². The molecular weight excluding hydrogens is 586 g/mol. The van der Waals surface area contributed by atoms with Gasteiger partial charge in [0, 0.05) is 67.8 Å². The molecule has 4 N–H and O–H groups in total. The third kappa shape index (κ3) is 5.95. The van der Waals surface area contributed by atoms with E-state index in [9.17, 15) is 8.42 Å². The molecule has 0 spiro atoms. The number of benzene rings is 2. The molecule has 4 aromatic rings. The Hall–Kier alpha value is -3.48. The minimum Gasteiger partial charge on any atom is -0.377 e. The maximum atomic E-state index is 13.9. The molecule has 240 valence electrons. The fourth-order valence-corrected chi connectivity index (χ4v) is 9.11. The SMILES string of the molecule is CN(C)c1cccc2c(S(=O)(=O)N3CCC(Nc4nc(N[C@H]5CC[C@H](N)CC5)nc5c4ncn5C4CCCC4)CC3)cccc12. The average Bonchev–Trinajstić information content (AvgIpc) is 3.72. The summed E-state index contributed by atoms with van der Waals surface area (Å²) in [6.45, 7) is 0.865. The van der Waals surface area contributed by atoms with E-state index < -0.39 is 10.0 Å². The molecule has 2 saturated carbocycles. The van der Waals surface area contributed by atoms with Gasteiger partial charge < -0.3 is 25.8 Å². The van der Waals surface area contributed by atoms with E-state index in [1.165, 1.54) is 12.8 Å². The zero-order valence-corrected chi connectivity index (χ0v) is 27.1. The number of hydrogen-bond donors (Lipinski definition) is 3. The standard InChI is InChI=1S/C33H45N9O2S/c1-40(2)28-11-5-10-27-26(28)9-6-12-29(27)45(43,44)41-19-17-24(18-20-41)36-31-30-32(42(21-35-30)25-7-3-4-8-25)39-33(38-31)37-23-15-13-22(34)14-16-23/h5-6,9-12,21-25H,3-4,7-8,13-20,34H2,1-2H3,(H2,36,37,38,39)/t22-,23-. The predicted molar refractivity (Wildman–Crippen MR) is 180 cm³/mol. The summed E-state index contributed by atoms with van der Waals surface area (Å²) in [6.07, 6.45) is 12.0. The van der Waals surface area contributed by atoms with Crippen molar-refractivity contribution in [3.8, 4) is 0 Å². The van der Waals surface area contributed by atoms with Crippen LogP contribution >= 0.6 is 0 Å². The van der Waals surface area contributed by atoms with Gasteiger partial charge in [-0.05, 0) is 63.5 Å². The van der Waals surface area contributed by atoms with E-state index in [2.05, 4.69) is 15.2 Å². The third-order valence-electron chi connectivity index (χ3n) is 10.00. The monoisotopic (exact) mass is 631 g/mol. The molecule has 0 amide bonds. The summed E-state index contributed by atoms with van der Waals surface area (Å²) in [5, 5.41) is 8.95. The van der Waals surface area contributed by atoms with E-state index in [0.717, 1.165) is 72.0 Å². The number of anilines is 3. The van der Waals surface area contributed by atoms with Crippen LogP contribution in [0.15, 0.2) is 47.6 Å². The molecule has 12 heteroatoms. The molecule has 3 aliphatic rings. The summed E-state index contributed by atoms with van der Waals surface area (Å²) >= 11 is 0. The molecule has 2 aromatic heterocycles. The second kappa shape index (κ2) is 12.4. The highest BCUT2D eigenvalue weighted by atomic mass is 32.2. The summed E-state index contributed by atoms with van der Waals surface area (Å²) in [6, 6.07) is 12.5. The number of imidazole rings is 1. The van der Waals surface area contributed by atoms with Crippen molar-refractivity contribution in [1.82, 2.24) is 23.8 Å². The van der Waals surface area contributed by atoms with Crippen LogP contribution in [0.25, 0.3) is 21.9 Å². The number of aromatic nitrogens is 4. The van der Waals surface area contributed by atoms with Crippen molar-refractivity contribution >= 4 is 49.4 Å². The summed E-state index contributed by atoms with van der Waals surface area (Å²) < 4.78 is 31.8. The Labute approximate surface area is 265 Å². The van der Waals surface area contributed by atoms with Crippen molar-refractivity contribution < 1.29 is 8.42 Å². The topological polar surface area (TPSA) is 134 Å². The normalized spacial score (nSPS) is 22.3. The zero-order valence-electron chi connectivity index (χ0n) is 26.3. The molecule has 7 rings (SSSR count). The lowest BCUT2D eigenvalue weighted by atomic mass is 9.92. The minimum atomic E-state index is -3.67. The van der Waals surface area contributed by atoms with Crippen LogP contribution in [-0.4, -0.2) is 77.6 Å². The summed E-state index contributed by atoms with van der Waals surface area (Å²) in [5.41, 5.74) is 8.80. The molecule has 0 bridgehead atoms. The van der Waals surface area contributed by atoms with Gasteiger partial charge in [0.25, 0.3) is 0 Å². The first kappa shape index (κ1) is 30.2. The molecular formula is C33H45N9O2S. The second-order valence-electron chi connectivity index (χ2n) is 13.3. The Morgan fingerprint density at radius 2 is 1.53 bits per heavy atom. The number of nitrogens with one attached hydrogen (secondary N) is 2. The number of hydrogen-bond acceptors (Lipinski definition) is 9. The van der Waals surface area contributed by atoms with Crippen LogP contribution in [0.4, 0.5) is 17.5 Å². The molecule has 2 aromatic carbocycles. The number of rotatable bonds is 8. The number of piperidine rings is 1. The first-order valence-corrected chi connectivity index (χ1v) is 17.9. The van der Waals surface area contributed by atoms with Gasteiger partial charge in [-0.1, -0.05) is 37.1 Å². The average molecular weight is 632 g/mol. The Bertz CT molecular complexity index is 1770. The summed E-state index contributed by atoms with van der Waals surface area (Å²) in [5.74, 6) is 1.34. The van der Waals surface area contributed by atoms with Crippen LogP contribution in [0.3, 0.4) is 0 Å². The minimum absolute atomic E-state index is 0.0690. The van der Waals surface area contributed by atoms with Crippen molar-refractivity contribution in [2.24, 2.45) is 5.73 Å². The van der Waals surface area contributed by atoms with Crippen LogP contribution in [0.5, 0.6) is 0 Å². The molecule has 45 heavy (non-hydrogen) atoms. The van der Waals surface area contributed by atoms with Crippen LogP contribution in [-0.2, 0) is 10.0 Å². The van der Waals surface area contributed by atoms with Crippen molar-refractivity contribution in [3.63, 3.8) is 0 Å². The van der Waals surface area contributed by atoms with Crippen molar-refractivity contribution in [1.29, 1.82) is 0 Å². The van der Waals surface area contributed by atoms with E-state index in [1.54, 1.807) is 10.4 Å². The molecule has 3 heterocycles. The van der Waals surface area contributed by atoms with Gasteiger partial charge >= 0.3 is 0 Å². The van der Waals surface area contributed by atoms with Crippen LogP contribution < -0.4 is 21.3 Å². The van der Waals surface area contributed by atoms with Crippen LogP contribution in [0.2, 0.25) is 0 Å². The van der Waals surface area contributed by atoms with Gasteiger partial charge in [-0.3, -0.25) is 0 Å². The number of nitrogens with zero attached hydrogens (tertiary/aromatic N) is 6. The van der Waals surface area contributed by atoms with E-state index in [1.807, 2.05) is 55.7 Å². The van der Waals surface area contributed by atoms with Crippen molar-refractivity contribution in [2.45, 2.75) is 93.3 Å². The maximum Gasteiger partial charge on any atom is 0.243 e. The lowest BCUT2D eigenvalue weighted by molar-refractivity contribution is 0.330. The van der Waals surface area contributed by atoms with Gasteiger partial charge in [0.1, 0.15) is 0 Å². The van der Waals surface area contributed by atoms with Crippen molar-refractivity contribution in [2.75, 3.05) is 42.7 Å². The predicted octanol–water partition coefficient (Wildman–Crippen LogP) is 5.11. The maximum absolute atomic E-state index is 13.9. The molecule has 0 atom stereocenters. The number of fused-ring (bicyclic) bond motifs is 2. The lowest BCUT2D eigenvalue weighted by Gasteiger charge is -2.32. The molecule has 2 aliphatic carbocycles. The molecule has 3 fully saturated rings. The van der Waals surface area contributed by atoms with E-state index in [0.29, 0.717) is 48.9 Å². The lowest BCUT2D eigenvalue weighted by Crippen LogP contribution is -2.42. The Morgan fingerprint density at radius 3 is 2.27 bits per heavy atom. The Balaban J connectivity index is 1.11. The molecule has 1 aliphatic heterocycles. The zero-order chi connectivity index (χ0) is 31.1. The van der Waals surface area contributed by atoms with Gasteiger partial charge in [-0.15, -0.1) is 0 Å². The number of nitrogens with two attached hydrogens (primary N) is 1. The smallest absolute Gasteiger partial charge is 0.243 e. The highest BCUT2D eigenvalue weighted by Gasteiger charge is 2.32. The molecule has 11 nitrogen and oxygen atoms in total. The number of sulfonamides is 1. The first-order valence-electron chi connectivity index (χ1n) is 16.5. The molecule has 0 radical (unpaired) electrons. The fraction of sp³-hybridized carbons (Fsp3) is 0.545. The van der Waals surface area contributed by atoms with Crippen LogP contribution in [0, 0.1) is 0 Å². The first-order chi connectivity index (χ1) is 21.8. The van der Waals surface area contributed by atoms with Crippen molar-refractivity contribution in [3.05, 3.63) is 42.7 Å². The second-order valence-corrected chi connectivity index (χ2v) is 15.2. The summed E-state index contributed by atoms with van der Waals surface area (Å²) in [4.78, 5) is 17.1. The molecule has 1 saturated heterocycles. The summed E-state index contributed by atoms with van der Waals surface area (Å²) in [7, 11) is 0.282. The largest absolute Gasteiger partial charge is 0.377 e.